The zero-order chi connectivity index (χ0) is 23.7. The highest BCUT2D eigenvalue weighted by Crippen LogP contribution is 2.76. The van der Waals surface area contributed by atoms with E-state index in [-0.39, 0.29) is 29.3 Å². The first kappa shape index (κ1) is 21.8. The molecule has 0 bridgehead atoms. The minimum atomic E-state index is -3.73. The molecule has 2 heterocycles. The third-order valence-electron chi connectivity index (χ3n) is 7.68. The van der Waals surface area contributed by atoms with Crippen LogP contribution in [0.15, 0.2) is 60.0 Å². The van der Waals surface area contributed by atoms with Crippen molar-refractivity contribution in [2.45, 2.75) is 35.9 Å². The van der Waals surface area contributed by atoms with Gasteiger partial charge in [-0.2, -0.15) is 0 Å². The van der Waals surface area contributed by atoms with E-state index in [1.165, 1.54) is 18.1 Å². The summed E-state index contributed by atoms with van der Waals surface area (Å²) in [7, 11) is 0.125. The molecule has 178 valence electrons. The minimum absolute atomic E-state index is 0.0156. The summed E-state index contributed by atoms with van der Waals surface area (Å²) in [6, 6.07) is 15.1. The van der Waals surface area contributed by atoms with Crippen molar-refractivity contribution in [3.63, 3.8) is 0 Å². The highest BCUT2D eigenvalue weighted by atomic mass is 32.2. The summed E-state index contributed by atoms with van der Waals surface area (Å²) in [6.07, 6.45) is 4.67. The first-order valence-corrected chi connectivity index (χ1v) is 13.0. The van der Waals surface area contributed by atoms with Crippen molar-refractivity contribution >= 4 is 10.0 Å². The number of ether oxygens (including phenoxy) is 1. The Labute approximate surface area is 198 Å². The van der Waals surface area contributed by atoms with Gasteiger partial charge in [-0.1, -0.05) is 30.3 Å². The maximum Gasteiger partial charge on any atom is 0.259 e. The molecule has 1 N–H and O–H groups in total. The molecule has 1 saturated heterocycles. The van der Waals surface area contributed by atoms with Crippen molar-refractivity contribution in [1.29, 1.82) is 0 Å². The van der Waals surface area contributed by atoms with Gasteiger partial charge >= 0.3 is 0 Å². The Hall–Kier alpha value is -2.75. The lowest BCUT2D eigenvalue weighted by atomic mass is 9.81. The fraction of sp³-hybridized carbons (Fsp3) is 0.400. The number of rotatable bonds is 8. The molecule has 7 nitrogen and oxygen atoms in total. The molecule has 2 aliphatic carbocycles. The SMILES string of the molecule is CN1C2C1C21Cc2cc(F)c(OCCNS(=O)(=O)c3cn(C)cn3)cc2C1Cc1ccccc1. The van der Waals surface area contributed by atoms with Crippen LogP contribution in [0, 0.1) is 11.2 Å². The van der Waals surface area contributed by atoms with Gasteiger partial charge < -0.3 is 9.30 Å². The van der Waals surface area contributed by atoms with E-state index in [0.29, 0.717) is 18.0 Å². The van der Waals surface area contributed by atoms with E-state index in [1.54, 1.807) is 17.7 Å². The highest BCUT2D eigenvalue weighted by Gasteiger charge is 2.84. The number of aryl methyl sites for hydroxylation is 1. The van der Waals surface area contributed by atoms with Gasteiger partial charge in [0, 0.05) is 37.3 Å². The number of nitrogens with one attached hydrogen (secondary N) is 1. The summed E-state index contributed by atoms with van der Waals surface area (Å²) in [6.45, 7) is 0.0337. The van der Waals surface area contributed by atoms with Crippen molar-refractivity contribution in [2.75, 3.05) is 20.2 Å². The summed E-state index contributed by atoms with van der Waals surface area (Å²) in [5.41, 5.74) is 3.72. The summed E-state index contributed by atoms with van der Waals surface area (Å²) in [5.74, 6) is 0.0970. The van der Waals surface area contributed by atoms with Crippen LogP contribution in [0.3, 0.4) is 0 Å². The van der Waals surface area contributed by atoms with Gasteiger partial charge in [0.1, 0.15) is 6.61 Å². The van der Waals surface area contributed by atoms with E-state index >= 15 is 0 Å². The number of fused-ring (bicyclic) bond motifs is 4. The molecule has 34 heavy (non-hydrogen) atoms. The molecule has 1 spiro atoms. The van der Waals surface area contributed by atoms with Gasteiger partial charge in [0.05, 0.1) is 6.33 Å². The summed E-state index contributed by atoms with van der Waals surface area (Å²) < 4.78 is 49.2. The normalized spacial score (nSPS) is 28.6. The summed E-state index contributed by atoms with van der Waals surface area (Å²) >= 11 is 0. The van der Waals surface area contributed by atoms with Crippen molar-refractivity contribution in [3.05, 3.63) is 77.5 Å². The molecule has 6 rings (SSSR count). The Bertz CT molecular complexity index is 1350. The number of benzene rings is 2. The van der Waals surface area contributed by atoms with E-state index in [0.717, 1.165) is 24.0 Å². The van der Waals surface area contributed by atoms with Crippen LogP contribution >= 0.6 is 0 Å². The number of hydrogen-bond acceptors (Lipinski definition) is 5. The molecule has 1 aromatic heterocycles. The molecule has 3 atom stereocenters. The largest absolute Gasteiger partial charge is 0.489 e. The molecule has 3 unspecified atom stereocenters. The van der Waals surface area contributed by atoms with Gasteiger partial charge in [0.25, 0.3) is 10.0 Å². The van der Waals surface area contributed by atoms with Crippen molar-refractivity contribution in [3.8, 4) is 5.75 Å². The molecular formula is C25H27FN4O3S. The van der Waals surface area contributed by atoms with Crippen LogP contribution in [0.2, 0.25) is 0 Å². The Morgan fingerprint density at radius 3 is 2.65 bits per heavy atom. The van der Waals surface area contributed by atoms with Crippen molar-refractivity contribution < 1.29 is 17.5 Å². The first-order chi connectivity index (χ1) is 16.3. The van der Waals surface area contributed by atoms with Crippen LogP contribution in [0.4, 0.5) is 4.39 Å². The molecule has 0 amide bonds. The van der Waals surface area contributed by atoms with Crippen LogP contribution in [0.5, 0.6) is 5.75 Å². The lowest BCUT2D eigenvalue weighted by Gasteiger charge is -2.29. The van der Waals surface area contributed by atoms with Gasteiger partial charge in [-0.25, -0.2) is 22.5 Å². The number of likely N-dealkylation sites (N-methyl/N-ethyl adjacent to an activating group) is 1. The van der Waals surface area contributed by atoms with Crippen molar-refractivity contribution in [2.24, 2.45) is 12.5 Å². The van der Waals surface area contributed by atoms with Gasteiger partial charge in [-0.15, -0.1) is 0 Å². The van der Waals surface area contributed by atoms with Gasteiger partial charge in [0.15, 0.2) is 16.6 Å². The third kappa shape index (κ3) is 3.37. The fourth-order valence-electron chi connectivity index (χ4n) is 6.08. The van der Waals surface area contributed by atoms with Crippen LogP contribution in [0.25, 0.3) is 0 Å². The minimum Gasteiger partial charge on any atom is -0.489 e. The van der Waals surface area contributed by atoms with Crippen LogP contribution in [-0.2, 0) is 29.9 Å². The van der Waals surface area contributed by atoms with Gasteiger partial charge in [0.2, 0.25) is 0 Å². The number of imidazole rings is 1. The number of aromatic nitrogens is 2. The smallest absolute Gasteiger partial charge is 0.259 e. The monoisotopic (exact) mass is 482 g/mol. The summed E-state index contributed by atoms with van der Waals surface area (Å²) in [4.78, 5) is 6.26. The Balaban J connectivity index is 1.18. The Morgan fingerprint density at radius 1 is 1.21 bits per heavy atom. The van der Waals surface area contributed by atoms with E-state index in [2.05, 4.69) is 45.9 Å². The lowest BCUT2D eigenvalue weighted by molar-refractivity contribution is 0.226. The second-order valence-electron chi connectivity index (χ2n) is 9.69. The van der Waals surface area contributed by atoms with Crippen LogP contribution in [-0.4, -0.2) is 55.2 Å². The van der Waals surface area contributed by atoms with Gasteiger partial charge in [-0.05, 0) is 54.6 Å². The second kappa shape index (κ2) is 7.63. The molecule has 1 aliphatic heterocycles. The molecule has 2 fully saturated rings. The maximum absolute atomic E-state index is 14.9. The Morgan fingerprint density at radius 2 is 1.97 bits per heavy atom. The number of sulfonamides is 1. The van der Waals surface area contributed by atoms with Crippen LogP contribution in [0.1, 0.15) is 22.6 Å². The molecule has 1 saturated carbocycles. The third-order valence-corrected chi connectivity index (χ3v) is 9.03. The average molecular weight is 483 g/mol. The number of likely N-dealkylation sites (tertiary alicyclic amines) is 1. The number of nitrogens with zero attached hydrogens (tertiary/aromatic N) is 3. The zero-order valence-electron chi connectivity index (χ0n) is 19.1. The molecule has 0 radical (unpaired) electrons. The Kier molecular flexibility index (Phi) is 4.88. The maximum atomic E-state index is 14.9. The number of hydrogen-bond donors (Lipinski definition) is 1. The predicted octanol–water partition coefficient (Wildman–Crippen LogP) is 2.48. The molecule has 3 aromatic rings. The standard InChI is InChI=1S/C25H27FN4O3S/c1-29-14-22(27-15-29)34(31,32)28-8-9-33-21-12-18-17(11-20(21)26)13-25(23-24(25)30(23)2)19(18)10-16-6-4-3-5-7-16/h3-7,11-12,14-15,19,23-24,28H,8-10,13H2,1-2H3. The first-order valence-electron chi connectivity index (χ1n) is 11.5. The molecular weight excluding hydrogens is 455 g/mol. The topological polar surface area (TPSA) is 76.2 Å². The summed E-state index contributed by atoms with van der Waals surface area (Å²) in [5, 5.41) is -0.0549. The highest BCUT2D eigenvalue weighted by molar-refractivity contribution is 7.89. The molecule has 2 aromatic carbocycles. The van der Waals surface area contributed by atoms with E-state index in [9.17, 15) is 12.8 Å². The fourth-order valence-corrected chi connectivity index (χ4v) is 7.07. The molecule has 9 heteroatoms. The van der Waals surface area contributed by atoms with Crippen LogP contribution < -0.4 is 9.46 Å². The van der Waals surface area contributed by atoms with E-state index < -0.39 is 15.8 Å². The predicted molar refractivity (Wildman–Crippen MR) is 125 cm³/mol. The number of halogens is 1. The lowest BCUT2D eigenvalue weighted by Crippen LogP contribution is -2.31. The van der Waals surface area contributed by atoms with Gasteiger partial charge in [-0.3, -0.25) is 4.90 Å². The van der Waals surface area contributed by atoms with E-state index in [4.69, 9.17) is 4.74 Å². The second-order valence-corrected chi connectivity index (χ2v) is 11.4. The van der Waals surface area contributed by atoms with E-state index in [1.807, 2.05) is 12.1 Å². The zero-order valence-corrected chi connectivity index (χ0v) is 19.9. The quantitative estimate of drug-likeness (QED) is 0.394. The molecule has 3 aliphatic rings. The average Bonchev–Trinajstić information content (AvgIpc) is 3.57. The van der Waals surface area contributed by atoms with Crippen molar-refractivity contribution in [1.82, 2.24) is 19.2 Å².